The van der Waals surface area contributed by atoms with Crippen molar-refractivity contribution in [1.82, 2.24) is 19.5 Å². The lowest BCUT2D eigenvalue weighted by Gasteiger charge is -2.22. The maximum atomic E-state index is 14.2. The summed E-state index contributed by atoms with van der Waals surface area (Å²) in [7, 11) is 0. The zero-order valence-corrected chi connectivity index (χ0v) is 20.2. The van der Waals surface area contributed by atoms with E-state index in [2.05, 4.69) is 20.3 Å². The number of aromatic nitrogens is 4. The molecule has 0 radical (unpaired) electrons. The number of carbonyl (C=O) groups is 1. The van der Waals surface area contributed by atoms with Gasteiger partial charge < -0.3 is 16.2 Å². The number of fused-ring (bicyclic) bond motifs is 1. The molecule has 9 nitrogen and oxygen atoms in total. The number of nitrogens with one attached hydrogen (secondary N) is 1. The van der Waals surface area contributed by atoms with Gasteiger partial charge in [0.05, 0.1) is 11.4 Å². The lowest BCUT2D eigenvalue weighted by Crippen LogP contribution is -2.26. The molecular formula is C28H24N6O3. The molecule has 0 saturated heterocycles. The van der Waals surface area contributed by atoms with E-state index in [0.29, 0.717) is 16.8 Å². The highest BCUT2D eigenvalue weighted by atomic mass is 16.4. The molecule has 1 atom stereocenters. The lowest BCUT2D eigenvalue weighted by atomic mass is 9.98. The molecule has 0 aliphatic carbocycles. The molecule has 4 N–H and O–H groups in total. The number of hydrogen-bond acceptors (Lipinski definition) is 7. The van der Waals surface area contributed by atoms with Crippen LogP contribution < -0.4 is 16.6 Å². The van der Waals surface area contributed by atoms with E-state index < -0.39 is 12.0 Å². The van der Waals surface area contributed by atoms with Crippen LogP contribution in [0.5, 0.6) is 0 Å². The highest BCUT2D eigenvalue weighted by Crippen LogP contribution is 2.30. The molecule has 5 aromatic rings. The van der Waals surface area contributed by atoms with Gasteiger partial charge in [0, 0.05) is 29.5 Å². The van der Waals surface area contributed by atoms with Crippen molar-refractivity contribution >= 4 is 28.5 Å². The Morgan fingerprint density at radius 3 is 2.57 bits per heavy atom. The van der Waals surface area contributed by atoms with Crippen molar-refractivity contribution in [2.75, 3.05) is 11.1 Å². The summed E-state index contributed by atoms with van der Waals surface area (Å²) in [5.74, 6) is -1.18. The number of benzene rings is 2. The van der Waals surface area contributed by atoms with Gasteiger partial charge in [-0.2, -0.15) is 4.98 Å². The van der Waals surface area contributed by atoms with Gasteiger partial charge in [0.15, 0.2) is 0 Å². The van der Waals surface area contributed by atoms with Gasteiger partial charge in [0.1, 0.15) is 11.4 Å². The van der Waals surface area contributed by atoms with E-state index in [-0.39, 0.29) is 22.9 Å². The number of rotatable bonds is 6. The van der Waals surface area contributed by atoms with Gasteiger partial charge >= 0.3 is 5.97 Å². The van der Waals surface area contributed by atoms with Crippen LogP contribution in [0.1, 0.15) is 34.7 Å². The fraction of sp³-hybridized carbons (Fsp3) is 0.107. The van der Waals surface area contributed by atoms with E-state index in [1.807, 2.05) is 80.6 Å². The smallest absolute Gasteiger partial charge is 0.341 e. The van der Waals surface area contributed by atoms with Crippen LogP contribution >= 0.6 is 0 Å². The summed E-state index contributed by atoms with van der Waals surface area (Å²) in [6.07, 6.45) is 2.89. The maximum absolute atomic E-state index is 14.2. The molecule has 9 heteroatoms. The molecule has 3 heterocycles. The molecule has 0 aliphatic heterocycles. The van der Waals surface area contributed by atoms with Crippen molar-refractivity contribution in [3.63, 3.8) is 0 Å². The van der Waals surface area contributed by atoms with Crippen LogP contribution in [-0.2, 0) is 0 Å². The number of nitrogen functional groups attached to an aromatic ring is 1. The number of pyridine rings is 2. The molecule has 3 aromatic heterocycles. The van der Waals surface area contributed by atoms with E-state index in [1.54, 1.807) is 10.8 Å². The van der Waals surface area contributed by atoms with Gasteiger partial charge in [-0.25, -0.2) is 9.78 Å². The highest BCUT2D eigenvalue weighted by molar-refractivity contribution is 5.97. The molecule has 0 bridgehead atoms. The van der Waals surface area contributed by atoms with Crippen molar-refractivity contribution in [2.24, 2.45) is 0 Å². The topological polar surface area (TPSA) is 136 Å². The first kappa shape index (κ1) is 23.7. The van der Waals surface area contributed by atoms with Crippen molar-refractivity contribution < 1.29 is 9.90 Å². The largest absolute Gasteiger partial charge is 0.477 e. The Labute approximate surface area is 212 Å². The quantitative estimate of drug-likeness (QED) is 0.313. The molecule has 0 aliphatic rings. The molecule has 0 saturated carbocycles. The minimum absolute atomic E-state index is 0.0593. The van der Waals surface area contributed by atoms with Crippen molar-refractivity contribution in [3.05, 3.63) is 106 Å². The number of nitrogens with two attached hydrogens (primary N) is 1. The summed E-state index contributed by atoms with van der Waals surface area (Å²) in [5.41, 5.74) is 9.28. The molecule has 0 fully saturated rings. The predicted molar refractivity (Wildman–Crippen MR) is 143 cm³/mol. The fourth-order valence-electron chi connectivity index (χ4n) is 4.44. The first-order valence-electron chi connectivity index (χ1n) is 11.6. The highest BCUT2D eigenvalue weighted by Gasteiger charge is 2.21. The van der Waals surface area contributed by atoms with Crippen molar-refractivity contribution in [1.29, 1.82) is 0 Å². The van der Waals surface area contributed by atoms with Gasteiger partial charge in [0.2, 0.25) is 5.95 Å². The maximum Gasteiger partial charge on any atom is 0.341 e. The van der Waals surface area contributed by atoms with Crippen LogP contribution in [0.25, 0.3) is 27.6 Å². The normalized spacial score (nSPS) is 11.8. The number of aryl methyl sites for hydroxylation is 1. The lowest BCUT2D eigenvalue weighted by molar-refractivity contribution is 0.0697. The Balaban J connectivity index is 1.74. The van der Waals surface area contributed by atoms with Crippen LogP contribution in [0.4, 0.5) is 11.8 Å². The molecule has 184 valence electrons. The first-order valence-corrected chi connectivity index (χ1v) is 11.6. The average molecular weight is 493 g/mol. The second-order valence-corrected chi connectivity index (χ2v) is 8.66. The van der Waals surface area contributed by atoms with Crippen LogP contribution in [0.2, 0.25) is 0 Å². The van der Waals surface area contributed by atoms with Gasteiger partial charge in [-0.15, -0.1) is 0 Å². The Hall–Kier alpha value is -5.05. The minimum Gasteiger partial charge on any atom is -0.477 e. The van der Waals surface area contributed by atoms with E-state index in [9.17, 15) is 14.7 Å². The summed E-state index contributed by atoms with van der Waals surface area (Å²) in [4.78, 5) is 38.1. The molecule has 2 aromatic carbocycles. The average Bonchev–Trinajstić information content (AvgIpc) is 2.88. The molecule has 0 amide bonds. The van der Waals surface area contributed by atoms with E-state index >= 15 is 0 Å². The Bertz CT molecular complexity index is 1700. The SMILES string of the molecule is Cc1cc(-c2cccc3cc([C@H](C)Nc4nc(N)ncc4C(=O)O)n(-c4ccccc4)c(=O)c23)ccn1. The van der Waals surface area contributed by atoms with Gasteiger partial charge in [-0.05, 0) is 60.7 Å². The molecule has 0 unspecified atom stereocenters. The van der Waals surface area contributed by atoms with E-state index in [0.717, 1.165) is 28.4 Å². The Morgan fingerprint density at radius 1 is 1.05 bits per heavy atom. The summed E-state index contributed by atoms with van der Waals surface area (Å²) < 4.78 is 1.64. The standard InChI is InChI=1S/C28H24N6O3/c1-16-13-18(11-12-30-16)21-10-6-7-19-14-23(34(26(35)24(19)21)20-8-4-3-5-9-20)17(2)32-25-22(27(36)37)15-31-28(29)33-25/h3-15,17H,1-2H3,(H,36,37)(H3,29,31,32,33)/t17-/m0/s1. The third kappa shape index (κ3) is 4.50. The zero-order valence-electron chi connectivity index (χ0n) is 20.2. The molecule has 0 spiro atoms. The molecule has 5 rings (SSSR count). The summed E-state index contributed by atoms with van der Waals surface area (Å²) in [6, 6.07) is 20.3. The number of carboxylic acids is 1. The van der Waals surface area contributed by atoms with Crippen LogP contribution in [-0.4, -0.2) is 30.6 Å². The number of carboxylic acid groups (broad SMARTS) is 1. The van der Waals surface area contributed by atoms with Crippen molar-refractivity contribution in [3.8, 4) is 16.8 Å². The third-order valence-electron chi connectivity index (χ3n) is 6.13. The fourth-order valence-corrected chi connectivity index (χ4v) is 4.44. The van der Waals surface area contributed by atoms with Gasteiger partial charge in [-0.3, -0.25) is 14.3 Å². The number of nitrogens with zero attached hydrogens (tertiary/aromatic N) is 4. The molecular weight excluding hydrogens is 468 g/mol. The van der Waals surface area contributed by atoms with Crippen LogP contribution in [0, 0.1) is 6.92 Å². The zero-order chi connectivity index (χ0) is 26.1. The third-order valence-corrected chi connectivity index (χ3v) is 6.13. The second-order valence-electron chi connectivity index (χ2n) is 8.66. The van der Waals surface area contributed by atoms with Gasteiger partial charge in [0.25, 0.3) is 5.56 Å². The summed E-state index contributed by atoms with van der Waals surface area (Å²) in [5, 5.41) is 14.1. The van der Waals surface area contributed by atoms with Crippen molar-refractivity contribution in [2.45, 2.75) is 19.9 Å². The van der Waals surface area contributed by atoms with Crippen LogP contribution in [0.15, 0.2) is 83.9 Å². The number of hydrogen-bond donors (Lipinski definition) is 3. The Morgan fingerprint density at radius 2 is 1.84 bits per heavy atom. The predicted octanol–water partition coefficient (Wildman–Crippen LogP) is 4.60. The first-order chi connectivity index (χ1) is 17.8. The van der Waals surface area contributed by atoms with Crippen LogP contribution in [0.3, 0.4) is 0 Å². The number of anilines is 2. The van der Waals surface area contributed by atoms with E-state index in [1.165, 1.54) is 0 Å². The summed E-state index contributed by atoms with van der Waals surface area (Å²) in [6.45, 7) is 3.74. The summed E-state index contributed by atoms with van der Waals surface area (Å²) >= 11 is 0. The number of aromatic carboxylic acids is 1. The molecule has 37 heavy (non-hydrogen) atoms. The van der Waals surface area contributed by atoms with Gasteiger partial charge in [-0.1, -0.05) is 36.4 Å². The Kier molecular flexibility index (Phi) is 6.10. The number of para-hydroxylation sites is 1. The second kappa shape index (κ2) is 9.54. The minimum atomic E-state index is -1.19. The van der Waals surface area contributed by atoms with E-state index in [4.69, 9.17) is 5.73 Å². The monoisotopic (exact) mass is 492 g/mol.